The molecule has 0 bridgehead atoms. The summed E-state index contributed by atoms with van der Waals surface area (Å²) in [6, 6.07) is 6.31. The van der Waals surface area contributed by atoms with Gasteiger partial charge in [0.15, 0.2) is 11.6 Å². The molecule has 0 saturated heterocycles. The Kier molecular flexibility index (Phi) is 1.63. The van der Waals surface area contributed by atoms with Crippen molar-refractivity contribution in [2.45, 2.75) is 0 Å². The molecule has 1 aromatic carbocycles. The van der Waals surface area contributed by atoms with Crippen molar-refractivity contribution in [3.05, 3.63) is 58.8 Å². The number of ketones is 2. The molecule has 0 saturated carbocycles. The summed E-state index contributed by atoms with van der Waals surface area (Å²) in [7, 11) is 0. The van der Waals surface area contributed by atoms with E-state index in [0.29, 0.717) is 0 Å². The third kappa shape index (κ3) is 0.957. The SMILES string of the molecule is O=C1c2ccccc2C(=O)c2c(F)coc21. The van der Waals surface area contributed by atoms with E-state index in [-0.39, 0.29) is 22.5 Å². The second-order valence-corrected chi connectivity index (χ2v) is 3.49. The second-order valence-electron chi connectivity index (χ2n) is 3.49. The van der Waals surface area contributed by atoms with Crippen molar-refractivity contribution in [3.8, 4) is 0 Å². The number of halogens is 1. The Labute approximate surface area is 89.5 Å². The van der Waals surface area contributed by atoms with Crippen LogP contribution in [0.15, 0.2) is 34.9 Å². The lowest BCUT2D eigenvalue weighted by Crippen LogP contribution is -2.19. The average Bonchev–Trinajstić information content (AvgIpc) is 2.69. The number of carbonyl (C=O) groups excluding carboxylic acids is 2. The van der Waals surface area contributed by atoms with Crippen LogP contribution in [-0.4, -0.2) is 11.6 Å². The highest BCUT2D eigenvalue weighted by molar-refractivity contribution is 6.27. The van der Waals surface area contributed by atoms with Gasteiger partial charge in [0.25, 0.3) is 0 Å². The third-order valence-corrected chi connectivity index (χ3v) is 2.60. The summed E-state index contributed by atoms with van der Waals surface area (Å²) in [6.07, 6.45) is 0.784. The molecule has 0 spiro atoms. The van der Waals surface area contributed by atoms with Crippen LogP contribution in [0.4, 0.5) is 4.39 Å². The van der Waals surface area contributed by atoms with Gasteiger partial charge in [0.2, 0.25) is 11.6 Å². The molecule has 1 aromatic heterocycles. The standard InChI is InChI=1S/C12H5FO3/c13-8-5-16-12-9(8)10(14)6-3-1-2-4-7(6)11(12)15/h1-5H. The van der Waals surface area contributed by atoms with Crippen molar-refractivity contribution in [3.63, 3.8) is 0 Å². The van der Waals surface area contributed by atoms with E-state index >= 15 is 0 Å². The van der Waals surface area contributed by atoms with E-state index in [2.05, 4.69) is 0 Å². The Morgan fingerprint density at radius 2 is 1.62 bits per heavy atom. The van der Waals surface area contributed by atoms with Crippen molar-refractivity contribution < 1.29 is 18.4 Å². The fourth-order valence-electron chi connectivity index (χ4n) is 1.85. The number of fused-ring (bicyclic) bond motifs is 2. The summed E-state index contributed by atoms with van der Waals surface area (Å²) in [5, 5.41) is 0. The van der Waals surface area contributed by atoms with Crippen LogP contribution in [0.1, 0.15) is 32.0 Å². The van der Waals surface area contributed by atoms with Crippen molar-refractivity contribution in [2.75, 3.05) is 0 Å². The monoisotopic (exact) mass is 216 g/mol. The molecule has 16 heavy (non-hydrogen) atoms. The summed E-state index contributed by atoms with van der Waals surface area (Å²) in [5.41, 5.74) is 0.221. The Morgan fingerprint density at radius 3 is 2.31 bits per heavy atom. The molecule has 0 radical (unpaired) electrons. The van der Waals surface area contributed by atoms with E-state index < -0.39 is 17.4 Å². The fourth-order valence-corrected chi connectivity index (χ4v) is 1.85. The molecule has 0 fully saturated rings. The van der Waals surface area contributed by atoms with Crippen molar-refractivity contribution in [1.82, 2.24) is 0 Å². The van der Waals surface area contributed by atoms with Gasteiger partial charge in [-0.05, 0) is 0 Å². The van der Waals surface area contributed by atoms with Gasteiger partial charge < -0.3 is 4.42 Å². The summed E-state index contributed by atoms with van der Waals surface area (Å²) in [5.74, 6) is -1.95. The highest BCUT2D eigenvalue weighted by atomic mass is 19.1. The molecule has 2 aromatic rings. The molecule has 0 atom stereocenters. The predicted octanol–water partition coefficient (Wildman–Crippen LogP) is 2.19. The molecular weight excluding hydrogens is 211 g/mol. The van der Waals surface area contributed by atoms with E-state index in [1.165, 1.54) is 12.1 Å². The molecule has 4 heteroatoms. The Hall–Kier alpha value is -2.23. The number of benzene rings is 1. The van der Waals surface area contributed by atoms with Gasteiger partial charge >= 0.3 is 0 Å². The Morgan fingerprint density at radius 1 is 1.00 bits per heavy atom. The number of furan rings is 1. The maximum Gasteiger partial charge on any atom is 0.229 e. The first-order valence-corrected chi connectivity index (χ1v) is 4.65. The molecule has 0 unspecified atom stereocenters. The predicted molar refractivity (Wildman–Crippen MR) is 52.0 cm³/mol. The van der Waals surface area contributed by atoms with E-state index in [4.69, 9.17) is 4.42 Å². The smallest absolute Gasteiger partial charge is 0.229 e. The lowest BCUT2D eigenvalue weighted by Gasteiger charge is -2.11. The number of hydrogen-bond acceptors (Lipinski definition) is 3. The highest BCUT2D eigenvalue weighted by Crippen LogP contribution is 2.29. The zero-order valence-corrected chi connectivity index (χ0v) is 7.99. The van der Waals surface area contributed by atoms with Crippen molar-refractivity contribution >= 4 is 11.6 Å². The quantitative estimate of drug-likeness (QED) is 0.578. The van der Waals surface area contributed by atoms with Crippen LogP contribution < -0.4 is 0 Å². The maximum atomic E-state index is 13.3. The Bertz CT molecular complexity index is 625. The summed E-state index contributed by atoms with van der Waals surface area (Å²) in [6.45, 7) is 0. The maximum absolute atomic E-state index is 13.3. The minimum atomic E-state index is -0.789. The van der Waals surface area contributed by atoms with Crippen LogP contribution in [0.2, 0.25) is 0 Å². The lowest BCUT2D eigenvalue weighted by molar-refractivity contribution is 0.0959. The normalized spacial score (nSPS) is 13.6. The van der Waals surface area contributed by atoms with Crippen LogP contribution in [0.25, 0.3) is 0 Å². The van der Waals surface area contributed by atoms with E-state index in [0.717, 1.165) is 6.26 Å². The first-order valence-electron chi connectivity index (χ1n) is 4.65. The molecular formula is C12H5FO3. The van der Waals surface area contributed by atoms with Crippen LogP contribution in [0.5, 0.6) is 0 Å². The number of carbonyl (C=O) groups is 2. The molecule has 1 heterocycles. The van der Waals surface area contributed by atoms with E-state index in [1.54, 1.807) is 12.1 Å². The van der Waals surface area contributed by atoms with Crippen molar-refractivity contribution in [1.29, 1.82) is 0 Å². The molecule has 3 nitrogen and oxygen atoms in total. The van der Waals surface area contributed by atoms with Gasteiger partial charge in [-0.15, -0.1) is 0 Å². The minimum Gasteiger partial charge on any atom is -0.457 e. The van der Waals surface area contributed by atoms with Crippen molar-refractivity contribution in [2.24, 2.45) is 0 Å². The molecule has 0 aliphatic heterocycles. The minimum absolute atomic E-state index is 0.207. The van der Waals surface area contributed by atoms with Gasteiger partial charge in [-0.1, -0.05) is 24.3 Å². The molecule has 0 N–H and O–H groups in total. The van der Waals surface area contributed by atoms with Gasteiger partial charge in [-0.3, -0.25) is 9.59 Å². The summed E-state index contributed by atoms with van der Waals surface area (Å²) < 4.78 is 18.1. The zero-order chi connectivity index (χ0) is 11.3. The molecule has 78 valence electrons. The van der Waals surface area contributed by atoms with Gasteiger partial charge in [0.1, 0.15) is 11.8 Å². The average molecular weight is 216 g/mol. The first-order chi connectivity index (χ1) is 7.70. The topological polar surface area (TPSA) is 47.3 Å². The number of hydrogen-bond donors (Lipinski definition) is 0. The highest BCUT2D eigenvalue weighted by Gasteiger charge is 2.35. The van der Waals surface area contributed by atoms with E-state index in [9.17, 15) is 14.0 Å². The molecule has 1 aliphatic rings. The number of rotatable bonds is 0. The fraction of sp³-hybridized carbons (Fsp3) is 0. The third-order valence-electron chi connectivity index (χ3n) is 2.60. The first kappa shape index (κ1) is 9.03. The van der Waals surface area contributed by atoms with Gasteiger partial charge in [0.05, 0.1) is 0 Å². The van der Waals surface area contributed by atoms with Gasteiger partial charge in [-0.25, -0.2) is 4.39 Å². The molecule has 0 amide bonds. The second kappa shape index (κ2) is 2.88. The molecule has 1 aliphatic carbocycles. The van der Waals surface area contributed by atoms with Gasteiger partial charge in [0, 0.05) is 11.1 Å². The Balaban J connectivity index is 2.36. The lowest BCUT2D eigenvalue weighted by atomic mass is 9.88. The van der Waals surface area contributed by atoms with E-state index in [1.807, 2.05) is 0 Å². The van der Waals surface area contributed by atoms with Crippen LogP contribution in [0.3, 0.4) is 0 Å². The van der Waals surface area contributed by atoms with Crippen LogP contribution in [0, 0.1) is 5.82 Å². The summed E-state index contributed by atoms with van der Waals surface area (Å²) in [4.78, 5) is 23.7. The zero-order valence-electron chi connectivity index (χ0n) is 7.99. The van der Waals surface area contributed by atoms with Gasteiger partial charge in [-0.2, -0.15) is 0 Å². The van der Waals surface area contributed by atoms with Crippen LogP contribution >= 0.6 is 0 Å². The largest absolute Gasteiger partial charge is 0.457 e. The van der Waals surface area contributed by atoms with Crippen LogP contribution in [-0.2, 0) is 0 Å². The summed E-state index contributed by atoms with van der Waals surface area (Å²) >= 11 is 0. The molecule has 3 rings (SSSR count).